The first-order chi connectivity index (χ1) is 13.1. The third kappa shape index (κ3) is 3.08. The smallest absolute Gasteiger partial charge is 0.259 e. The van der Waals surface area contributed by atoms with Gasteiger partial charge in [0.15, 0.2) is 0 Å². The molecule has 2 aliphatic heterocycles. The summed E-state index contributed by atoms with van der Waals surface area (Å²) in [7, 11) is 0. The van der Waals surface area contributed by atoms with Crippen LogP contribution in [0.1, 0.15) is 53.7 Å². The molecule has 4 bridgehead atoms. The number of carbonyl (C=O) groups is 1. The number of fused-ring (bicyclic) bond motifs is 1. The van der Waals surface area contributed by atoms with Crippen molar-refractivity contribution in [2.24, 2.45) is 17.8 Å². The Kier molecular flexibility index (Phi) is 4.27. The topological polar surface area (TPSA) is 38.1 Å². The van der Waals surface area contributed by atoms with Gasteiger partial charge in [0, 0.05) is 12.6 Å². The van der Waals surface area contributed by atoms with Crippen LogP contribution in [0.25, 0.3) is 0 Å². The minimum Gasteiger partial charge on any atom is -0.335 e. The van der Waals surface area contributed by atoms with Gasteiger partial charge < -0.3 is 4.90 Å². The van der Waals surface area contributed by atoms with Crippen LogP contribution in [-0.4, -0.2) is 33.2 Å². The quantitative estimate of drug-likeness (QED) is 0.780. The summed E-state index contributed by atoms with van der Waals surface area (Å²) in [5.41, 5.74) is 2.48. The Hall–Kier alpha value is -1.81. The van der Waals surface area contributed by atoms with E-state index in [9.17, 15) is 4.79 Å². The molecule has 1 amide bonds. The third-order valence-electron chi connectivity index (χ3n) is 6.82. The molecule has 2 unspecified atom stereocenters. The molecule has 6 rings (SSSR count). The zero-order valence-corrected chi connectivity index (χ0v) is 16.5. The van der Waals surface area contributed by atoms with Crippen LogP contribution in [0.2, 0.25) is 5.15 Å². The predicted octanol–water partition coefficient (Wildman–Crippen LogP) is 4.54. The van der Waals surface area contributed by atoms with E-state index in [1.165, 1.54) is 32.1 Å². The third-order valence-corrected chi connectivity index (χ3v) is 7.21. The number of carbonyl (C=O) groups excluding carboxylic acids is 1. The van der Waals surface area contributed by atoms with E-state index in [4.69, 9.17) is 11.6 Å². The summed E-state index contributed by atoms with van der Waals surface area (Å²) in [5.74, 6) is 2.41. The highest BCUT2D eigenvalue weighted by molar-refractivity contribution is 6.33. The summed E-state index contributed by atoms with van der Waals surface area (Å²) in [6, 6.07) is 10.5. The molecule has 4 fully saturated rings. The Morgan fingerprint density at radius 1 is 1.07 bits per heavy atom. The molecule has 2 saturated carbocycles. The van der Waals surface area contributed by atoms with Gasteiger partial charge in [0.05, 0.1) is 17.8 Å². The number of benzene rings is 1. The number of nitrogens with zero attached hydrogens (tertiary/aromatic N) is 3. The Labute approximate surface area is 165 Å². The number of hydrogen-bond acceptors (Lipinski definition) is 2. The summed E-state index contributed by atoms with van der Waals surface area (Å²) in [6.07, 6.45) is 6.33. The zero-order chi connectivity index (χ0) is 18.5. The second-order valence-electron chi connectivity index (χ2n) is 8.78. The normalized spacial score (nSPS) is 29.2. The first-order valence-electron chi connectivity index (χ1n) is 10.2. The molecule has 0 radical (unpaired) electrons. The van der Waals surface area contributed by atoms with Crippen LogP contribution < -0.4 is 0 Å². The van der Waals surface area contributed by atoms with Gasteiger partial charge in [-0.3, -0.25) is 4.79 Å². The summed E-state index contributed by atoms with van der Waals surface area (Å²) < 4.78 is 1.76. The Morgan fingerprint density at radius 3 is 2.44 bits per heavy atom. The van der Waals surface area contributed by atoms with E-state index < -0.39 is 0 Å². The second kappa shape index (κ2) is 6.66. The van der Waals surface area contributed by atoms with Crippen LogP contribution in [-0.2, 0) is 6.54 Å². The number of hydrogen-bond donors (Lipinski definition) is 0. The monoisotopic (exact) mass is 383 g/mol. The van der Waals surface area contributed by atoms with Crippen LogP contribution in [0.3, 0.4) is 0 Å². The highest BCUT2D eigenvalue weighted by atomic mass is 35.5. The van der Waals surface area contributed by atoms with Gasteiger partial charge in [-0.1, -0.05) is 41.9 Å². The zero-order valence-electron chi connectivity index (χ0n) is 15.8. The number of amides is 1. The summed E-state index contributed by atoms with van der Waals surface area (Å²) >= 11 is 6.67. The first kappa shape index (κ1) is 17.3. The van der Waals surface area contributed by atoms with E-state index >= 15 is 0 Å². The Morgan fingerprint density at radius 2 is 1.74 bits per heavy atom. The van der Waals surface area contributed by atoms with Gasteiger partial charge in [0.1, 0.15) is 5.15 Å². The van der Waals surface area contributed by atoms with Crippen molar-refractivity contribution in [3.8, 4) is 0 Å². The Bertz CT molecular complexity index is 848. The molecular formula is C22H26ClN3O. The van der Waals surface area contributed by atoms with Crippen LogP contribution in [0.5, 0.6) is 0 Å². The van der Waals surface area contributed by atoms with Gasteiger partial charge in [-0.2, -0.15) is 5.10 Å². The minimum absolute atomic E-state index is 0.0926. The fraction of sp³-hybridized carbons (Fsp3) is 0.545. The van der Waals surface area contributed by atoms with E-state index in [-0.39, 0.29) is 5.91 Å². The first-order valence-corrected chi connectivity index (χ1v) is 10.5. The van der Waals surface area contributed by atoms with Crippen LogP contribution in [0.4, 0.5) is 0 Å². The van der Waals surface area contributed by atoms with Crippen molar-refractivity contribution in [3.05, 3.63) is 52.3 Å². The van der Waals surface area contributed by atoms with Crippen LogP contribution in [0, 0.1) is 24.7 Å². The lowest BCUT2D eigenvalue weighted by Crippen LogP contribution is -2.42. The number of halogens is 1. The van der Waals surface area contributed by atoms with E-state index in [1.54, 1.807) is 4.68 Å². The maximum absolute atomic E-state index is 13.5. The molecule has 142 valence electrons. The van der Waals surface area contributed by atoms with Gasteiger partial charge >= 0.3 is 0 Å². The molecule has 5 heteroatoms. The van der Waals surface area contributed by atoms with Gasteiger partial charge in [0.25, 0.3) is 5.91 Å². The number of aryl methyl sites for hydroxylation is 1. The van der Waals surface area contributed by atoms with Gasteiger partial charge in [-0.25, -0.2) is 4.68 Å². The summed E-state index contributed by atoms with van der Waals surface area (Å²) in [4.78, 5) is 15.7. The number of aromatic nitrogens is 2. The average Bonchev–Trinajstić information content (AvgIpc) is 2.78. The van der Waals surface area contributed by atoms with E-state index in [0.29, 0.717) is 29.2 Å². The SMILES string of the molecule is Cc1nn(Cc2ccccc2)c(Cl)c1C(=O)N1CC2CC3CC(C2)CC1C3. The Balaban J connectivity index is 1.43. The number of rotatable bonds is 3. The standard InChI is InChI=1S/C22H26ClN3O/c1-14-20(21(23)26(24-14)13-15-5-3-2-4-6-15)22(27)25-12-18-8-16-7-17(9-18)11-19(25)10-16/h2-6,16-19H,7-13H2,1H3. The maximum atomic E-state index is 13.5. The summed E-state index contributed by atoms with van der Waals surface area (Å²) in [5, 5.41) is 5.07. The predicted molar refractivity (Wildman–Crippen MR) is 106 cm³/mol. The molecule has 2 atom stereocenters. The molecule has 2 aromatic rings. The van der Waals surface area contributed by atoms with E-state index in [1.807, 2.05) is 25.1 Å². The lowest BCUT2D eigenvalue weighted by Gasteiger charge is -2.39. The molecule has 4 nitrogen and oxygen atoms in total. The van der Waals surface area contributed by atoms with Gasteiger partial charge in [0.2, 0.25) is 0 Å². The molecule has 3 heterocycles. The van der Waals surface area contributed by atoms with Gasteiger partial charge in [-0.15, -0.1) is 0 Å². The summed E-state index contributed by atoms with van der Waals surface area (Å²) in [6.45, 7) is 3.39. The lowest BCUT2D eigenvalue weighted by atomic mass is 9.68. The van der Waals surface area contributed by atoms with Crippen molar-refractivity contribution in [1.29, 1.82) is 0 Å². The average molecular weight is 384 g/mol. The maximum Gasteiger partial charge on any atom is 0.259 e. The minimum atomic E-state index is 0.0926. The van der Waals surface area contributed by atoms with E-state index in [0.717, 1.165) is 29.6 Å². The molecule has 0 N–H and O–H groups in total. The van der Waals surface area contributed by atoms with Crippen molar-refractivity contribution in [3.63, 3.8) is 0 Å². The molecule has 2 aliphatic carbocycles. The molecule has 0 spiro atoms. The van der Waals surface area contributed by atoms with E-state index in [2.05, 4.69) is 22.1 Å². The van der Waals surface area contributed by atoms with Crippen molar-refractivity contribution >= 4 is 17.5 Å². The lowest BCUT2D eigenvalue weighted by molar-refractivity contribution is 0.0632. The molecule has 4 aliphatic rings. The highest BCUT2D eigenvalue weighted by Gasteiger charge is 2.44. The fourth-order valence-corrected chi connectivity index (χ4v) is 6.15. The second-order valence-corrected chi connectivity index (χ2v) is 9.14. The fourth-order valence-electron chi connectivity index (χ4n) is 5.83. The van der Waals surface area contributed by atoms with Crippen LogP contribution >= 0.6 is 11.6 Å². The van der Waals surface area contributed by atoms with Crippen molar-refractivity contribution in [2.45, 2.75) is 51.6 Å². The highest BCUT2D eigenvalue weighted by Crippen LogP contribution is 2.48. The van der Waals surface area contributed by atoms with Crippen molar-refractivity contribution < 1.29 is 4.79 Å². The van der Waals surface area contributed by atoms with Gasteiger partial charge in [-0.05, 0) is 62.3 Å². The molecule has 2 saturated heterocycles. The van der Waals surface area contributed by atoms with Crippen LogP contribution in [0.15, 0.2) is 30.3 Å². The van der Waals surface area contributed by atoms with Crippen molar-refractivity contribution in [2.75, 3.05) is 6.54 Å². The van der Waals surface area contributed by atoms with Crippen molar-refractivity contribution in [1.82, 2.24) is 14.7 Å². The molecule has 1 aromatic heterocycles. The molecular weight excluding hydrogens is 358 g/mol. The molecule has 1 aromatic carbocycles. The molecule has 27 heavy (non-hydrogen) atoms. The largest absolute Gasteiger partial charge is 0.335 e.